The van der Waals surface area contributed by atoms with Crippen LogP contribution in [0.25, 0.3) is 0 Å². The molecule has 0 aliphatic carbocycles. The quantitative estimate of drug-likeness (QED) is 0.438. The van der Waals surface area contributed by atoms with E-state index in [2.05, 4.69) is 4.99 Å². The molecule has 0 atom stereocenters. The van der Waals surface area contributed by atoms with Crippen molar-refractivity contribution < 1.29 is 5.11 Å². The van der Waals surface area contributed by atoms with Gasteiger partial charge in [-0.25, -0.2) is 4.99 Å². The Morgan fingerprint density at radius 2 is 2.31 bits per heavy atom. The van der Waals surface area contributed by atoms with Crippen molar-refractivity contribution >= 4 is 23.1 Å². The van der Waals surface area contributed by atoms with Crippen LogP contribution < -0.4 is 5.73 Å². The van der Waals surface area contributed by atoms with Gasteiger partial charge in [0.1, 0.15) is 5.84 Å². The number of amidine groups is 1. The molecule has 0 aromatic heterocycles. The van der Waals surface area contributed by atoms with Crippen LogP contribution in [0.3, 0.4) is 0 Å². The minimum atomic E-state index is 0.00411. The summed E-state index contributed by atoms with van der Waals surface area (Å²) in [4.78, 5) is 4.04. The molecule has 0 aliphatic heterocycles. The Morgan fingerprint density at radius 3 is 2.92 bits per heavy atom. The highest BCUT2D eigenvalue weighted by atomic mass is 35.5. The van der Waals surface area contributed by atoms with E-state index in [1.807, 2.05) is 12.1 Å². The number of aliphatic hydroxyl groups is 1. The van der Waals surface area contributed by atoms with Crippen molar-refractivity contribution in [3.05, 3.63) is 29.8 Å². The number of hydrogen-bond acceptors (Lipinski definition) is 2. The lowest BCUT2D eigenvalue weighted by atomic mass is 10.2. The summed E-state index contributed by atoms with van der Waals surface area (Å²) in [6, 6.07) is 7.19. The van der Waals surface area contributed by atoms with E-state index in [0.29, 0.717) is 11.5 Å². The maximum Gasteiger partial charge on any atom is 0.115 e. The van der Waals surface area contributed by atoms with Gasteiger partial charge in [-0.3, -0.25) is 0 Å². The van der Waals surface area contributed by atoms with Crippen molar-refractivity contribution in [2.24, 2.45) is 10.7 Å². The van der Waals surface area contributed by atoms with Gasteiger partial charge in [-0.05, 0) is 17.7 Å². The average Bonchev–Trinajstić information content (AvgIpc) is 2.18. The number of aliphatic hydroxyl groups excluding tert-OH is 1. The maximum atomic E-state index is 8.85. The van der Waals surface area contributed by atoms with Gasteiger partial charge in [0.2, 0.25) is 0 Å². The van der Waals surface area contributed by atoms with E-state index in [9.17, 15) is 0 Å². The molecule has 0 aliphatic rings. The van der Waals surface area contributed by atoms with Crippen molar-refractivity contribution in [1.29, 1.82) is 0 Å². The van der Waals surface area contributed by atoms with Crippen LogP contribution in [-0.4, -0.2) is 16.8 Å². The summed E-state index contributed by atoms with van der Waals surface area (Å²) in [6.45, 7) is 0.00411. The Kier molecular flexibility index (Phi) is 3.73. The van der Waals surface area contributed by atoms with Crippen LogP contribution in [0, 0.1) is 0 Å². The summed E-state index contributed by atoms with van der Waals surface area (Å²) in [5.41, 5.74) is 6.97. The minimum absolute atomic E-state index is 0.00411. The van der Waals surface area contributed by atoms with E-state index in [0.717, 1.165) is 5.56 Å². The number of aliphatic imine (C=N–C) groups is 1. The summed E-state index contributed by atoms with van der Waals surface area (Å²) in [7, 11) is 0. The molecule has 0 radical (unpaired) electrons. The van der Waals surface area contributed by atoms with Gasteiger partial charge in [0, 0.05) is 0 Å². The van der Waals surface area contributed by atoms with E-state index < -0.39 is 0 Å². The van der Waals surface area contributed by atoms with Crippen LogP contribution in [-0.2, 0) is 6.61 Å². The summed E-state index contributed by atoms with van der Waals surface area (Å²) in [5, 5.41) is 8.85. The van der Waals surface area contributed by atoms with E-state index in [1.165, 1.54) is 0 Å². The van der Waals surface area contributed by atoms with Gasteiger partial charge in [-0.15, -0.1) is 11.6 Å². The fraction of sp³-hybridized carbons (Fsp3) is 0.222. The van der Waals surface area contributed by atoms with Crippen LogP contribution in [0.1, 0.15) is 5.56 Å². The van der Waals surface area contributed by atoms with Gasteiger partial charge in [-0.1, -0.05) is 12.1 Å². The molecular formula is C9H11ClN2O. The van der Waals surface area contributed by atoms with Crippen LogP contribution >= 0.6 is 11.6 Å². The smallest absolute Gasteiger partial charge is 0.115 e. The molecule has 1 aromatic rings. The van der Waals surface area contributed by atoms with Crippen LogP contribution in [0.15, 0.2) is 29.3 Å². The maximum absolute atomic E-state index is 8.85. The lowest BCUT2D eigenvalue weighted by Gasteiger charge is -1.98. The molecule has 0 fully saturated rings. The Labute approximate surface area is 81.9 Å². The molecule has 13 heavy (non-hydrogen) atoms. The van der Waals surface area contributed by atoms with Crippen LogP contribution in [0.5, 0.6) is 0 Å². The number of nitrogens with zero attached hydrogens (tertiary/aromatic N) is 1. The van der Waals surface area contributed by atoms with Crippen molar-refractivity contribution in [2.75, 3.05) is 5.88 Å². The van der Waals surface area contributed by atoms with E-state index in [-0.39, 0.29) is 12.5 Å². The number of halogens is 1. The highest BCUT2D eigenvalue weighted by Crippen LogP contribution is 2.13. The Hall–Kier alpha value is -1.06. The van der Waals surface area contributed by atoms with Crippen molar-refractivity contribution in [3.63, 3.8) is 0 Å². The van der Waals surface area contributed by atoms with Gasteiger partial charge in [0.15, 0.2) is 0 Å². The first kappa shape index (κ1) is 10.0. The molecule has 0 saturated heterocycles. The molecule has 1 aromatic carbocycles. The zero-order valence-electron chi connectivity index (χ0n) is 7.07. The number of alkyl halides is 1. The Bertz CT molecular complexity index is 312. The van der Waals surface area contributed by atoms with Crippen molar-refractivity contribution in [3.8, 4) is 0 Å². The van der Waals surface area contributed by atoms with E-state index in [1.54, 1.807) is 12.1 Å². The summed E-state index contributed by atoms with van der Waals surface area (Å²) in [6.07, 6.45) is 0. The molecule has 1 rings (SSSR count). The number of nitrogens with two attached hydrogens (primary N) is 1. The predicted octanol–water partition coefficient (Wildman–Crippen LogP) is 1.41. The number of hydrogen-bond donors (Lipinski definition) is 2. The topological polar surface area (TPSA) is 58.6 Å². The Morgan fingerprint density at radius 1 is 1.54 bits per heavy atom. The van der Waals surface area contributed by atoms with Crippen molar-refractivity contribution in [1.82, 2.24) is 0 Å². The third-order valence-corrected chi connectivity index (χ3v) is 1.78. The summed E-state index contributed by atoms with van der Waals surface area (Å²) in [5.74, 6) is 0.584. The molecule has 4 heteroatoms. The standard InChI is InChI=1S/C9H11ClN2O/c10-5-9(11)12-8-3-1-2-7(4-8)6-13/h1-4,13H,5-6H2,(H2,11,12). The van der Waals surface area contributed by atoms with Crippen LogP contribution in [0.2, 0.25) is 0 Å². The fourth-order valence-electron chi connectivity index (χ4n) is 0.920. The normalized spacial score (nSPS) is 11.7. The SMILES string of the molecule is NC(CCl)=Nc1cccc(CO)c1. The van der Waals surface area contributed by atoms with Gasteiger partial charge in [0.25, 0.3) is 0 Å². The highest BCUT2D eigenvalue weighted by molar-refractivity contribution is 6.28. The molecular weight excluding hydrogens is 188 g/mol. The lowest BCUT2D eigenvalue weighted by Crippen LogP contribution is -2.12. The van der Waals surface area contributed by atoms with Gasteiger partial charge >= 0.3 is 0 Å². The molecule has 0 bridgehead atoms. The zero-order chi connectivity index (χ0) is 9.68. The second-order valence-electron chi connectivity index (χ2n) is 2.56. The highest BCUT2D eigenvalue weighted by Gasteiger charge is 1.94. The van der Waals surface area contributed by atoms with E-state index >= 15 is 0 Å². The summed E-state index contributed by atoms with van der Waals surface area (Å²) < 4.78 is 0. The Balaban J connectivity index is 2.89. The monoisotopic (exact) mass is 198 g/mol. The lowest BCUT2D eigenvalue weighted by molar-refractivity contribution is 0.282. The van der Waals surface area contributed by atoms with Gasteiger partial charge < -0.3 is 10.8 Å². The second kappa shape index (κ2) is 4.84. The molecule has 70 valence electrons. The molecule has 3 N–H and O–H groups in total. The largest absolute Gasteiger partial charge is 0.392 e. The number of benzene rings is 1. The second-order valence-corrected chi connectivity index (χ2v) is 2.83. The third kappa shape index (κ3) is 3.05. The fourth-order valence-corrected chi connectivity index (χ4v) is 0.980. The molecule has 0 saturated carbocycles. The molecule has 0 amide bonds. The van der Waals surface area contributed by atoms with E-state index in [4.69, 9.17) is 22.4 Å². The first-order chi connectivity index (χ1) is 6.26. The van der Waals surface area contributed by atoms with Crippen LogP contribution in [0.4, 0.5) is 5.69 Å². The molecule has 3 nitrogen and oxygen atoms in total. The number of rotatable bonds is 3. The van der Waals surface area contributed by atoms with Crippen molar-refractivity contribution in [2.45, 2.75) is 6.61 Å². The predicted molar refractivity (Wildman–Crippen MR) is 54.4 cm³/mol. The average molecular weight is 199 g/mol. The zero-order valence-corrected chi connectivity index (χ0v) is 7.83. The first-order valence-electron chi connectivity index (χ1n) is 3.85. The first-order valence-corrected chi connectivity index (χ1v) is 4.38. The molecule has 0 unspecified atom stereocenters. The van der Waals surface area contributed by atoms with Gasteiger partial charge in [-0.2, -0.15) is 0 Å². The minimum Gasteiger partial charge on any atom is -0.392 e. The summed E-state index contributed by atoms with van der Waals surface area (Å²) >= 11 is 5.47. The molecule has 0 spiro atoms. The van der Waals surface area contributed by atoms with Gasteiger partial charge in [0.05, 0.1) is 18.2 Å². The third-order valence-electron chi connectivity index (χ3n) is 1.50. The molecule has 0 heterocycles.